The normalized spacial score (nSPS) is 23.3. The van der Waals surface area contributed by atoms with Crippen LogP contribution in [-0.2, 0) is 14.4 Å². The highest BCUT2D eigenvalue weighted by Gasteiger charge is 2.36. The van der Waals surface area contributed by atoms with Crippen molar-refractivity contribution >= 4 is 17.7 Å². The van der Waals surface area contributed by atoms with Crippen LogP contribution in [0, 0.1) is 27.9 Å². The fourth-order valence-electron chi connectivity index (χ4n) is 5.57. The van der Waals surface area contributed by atoms with Crippen LogP contribution in [0.5, 0.6) is 0 Å². The van der Waals surface area contributed by atoms with Gasteiger partial charge in [-0.1, -0.05) is 59.3 Å². The van der Waals surface area contributed by atoms with Crippen molar-refractivity contribution in [2.24, 2.45) is 17.8 Å². The number of rotatable bonds is 12. The van der Waals surface area contributed by atoms with Gasteiger partial charge in [0.2, 0.25) is 23.8 Å². The van der Waals surface area contributed by atoms with Crippen molar-refractivity contribution in [1.82, 2.24) is 20.4 Å². The topological polar surface area (TPSA) is 125 Å². The number of carbonyl (C=O) groups excluding carboxylic acids is 3. The zero-order valence-corrected chi connectivity index (χ0v) is 26.3. The van der Waals surface area contributed by atoms with Gasteiger partial charge in [-0.2, -0.15) is 0 Å². The summed E-state index contributed by atoms with van der Waals surface area (Å²) in [6.07, 6.45) is 9.80. The monoisotopic (exact) mass is 573 g/mol. The van der Waals surface area contributed by atoms with Crippen molar-refractivity contribution in [3.8, 4) is 0 Å². The lowest BCUT2D eigenvalue weighted by Crippen LogP contribution is -2.58. The van der Waals surface area contributed by atoms with Gasteiger partial charge in [-0.15, -0.1) is 0 Å². The molecule has 2 aliphatic rings. The first-order valence-electron chi connectivity index (χ1n) is 15.0. The average Bonchev–Trinajstić information content (AvgIpc) is 2.92. The minimum Gasteiger partial charge on any atom is -0.348 e. The predicted octanol–water partition coefficient (Wildman–Crippen LogP) is 3.71. The SMILES string of the molecule is C/C(=C\C(C(C)C)N(C)C(=O)C(NC(=O)C1CCCCN1C(C)C)C(C)C)C(=O)NCC1=CC([N+](=O)[O-])C(C)C=C1. The van der Waals surface area contributed by atoms with Gasteiger partial charge >= 0.3 is 0 Å². The summed E-state index contributed by atoms with van der Waals surface area (Å²) in [7, 11) is 1.72. The van der Waals surface area contributed by atoms with Crippen molar-refractivity contribution < 1.29 is 19.3 Å². The molecule has 0 spiro atoms. The van der Waals surface area contributed by atoms with Crippen molar-refractivity contribution in [3.05, 3.63) is 45.6 Å². The molecule has 0 saturated carbocycles. The number of nitro groups is 1. The molecule has 0 aromatic rings. The Morgan fingerprint density at radius 2 is 1.80 bits per heavy atom. The first-order chi connectivity index (χ1) is 19.1. The zero-order chi connectivity index (χ0) is 31.0. The van der Waals surface area contributed by atoms with Gasteiger partial charge < -0.3 is 15.5 Å². The summed E-state index contributed by atoms with van der Waals surface area (Å²) in [6, 6.07) is -1.87. The highest BCUT2D eigenvalue weighted by Crippen LogP contribution is 2.22. The summed E-state index contributed by atoms with van der Waals surface area (Å²) >= 11 is 0. The third-order valence-electron chi connectivity index (χ3n) is 8.23. The van der Waals surface area contributed by atoms with Crippen molar-refractivity contribution in [2.45, 2.75) is 105 Å². The number of likely N-dealkylation sites (N-methyl/N-ethyl adjacent to an activating group) is 1. The van der Waals surface area contributed by atoms with E-state index in [0.717, 1.165) is 25.8 Å². The highest BCUT2D eigenvalue weighted by molar-refractivity contribution is 5.93. The second-order valence-electron chi connectivity index (χ2n) is 12.5. The molecule has 1 aliphatic carbocycles. The Bertz CT molecular complexity index is 1050. The van der Waals surface area contributed by atoms with Gasteiger partial charge in [-0.3, -0.25) is 29.4 Å². The Kier molecular flexibility index (Phi) is 12.7. The number of carbonyl (C=O) groups is 3. The first kappa shape index (κ1) is 34.2. The Labute approximate surface area is 245 Å². The fraction of sp³-hybridized carbons (Fsp3) is 0.710. The molecule has 2 N–H and O–H groups in total. The maximum Gasteiger partial charge on any atom is 0.246 e. The molecule has 1 saturated heterocycles. The molecule has 0 aromatic carbocycles. The lowest BCUT2D eigenvalue weighted by molar-refractivity contribution is -0.515. The molecule has 10 nitrogen and oxygen atoms in total. The molecule has 2 rings (SSSR count). The molecule has 0 radical (unpaired) electrons. The molecule has 5 atom stereocenters. The summed E-state index contributed by atoms with van der Waals surface area (Å²) in [6.45, 7) is 16.5. The van der Waals surface area contributed by atoms with Crippen LogP contribution in [0.25, 0.3) is 0 Å². The van der Waals surface area contributed by atoms with Gasteiger partial charge in [0.15, 0.2) is 0 Å². The minimum atomic E-state index is -0.811. The molecule has 3 amide bonds. The summed E-state index contributed by atoms with van der Waals surface area (Å²) in [4.78, 5) is 54.9. The van der Waals surface area contributed by atoms with Gasteiger partial charge in [0, 0.05) is 36.0 Å². The molecule has 1 fully saturated rings. The molecular formula is C31H51N5O5. The molecule has 10 heteroatoms. The lowest BCUT2D eigenvalue weighted by Gasteiger charge is -2.39. The molecule has 230 valence electrons. The lowest BCUT2D eigenvalue weighted by atomic mass is 9.93. The largest absolute Gasteiger partial charge is 0.348 e. The number of nitrogens with zero attached hydrogens (tertiary/aromatic N) is 3. The third-order valence-corrected chi connectivity index (χ3v) is 8.23. The van der Waals surface area contributed by atoms with E-state index in [4.69, 9.17) is 0 Å². The quantitative estimate of drug-likeness (QED) is 0.208. The van der Waals surface area contributed by atoms with E-state index in [9.17, 15) is 24.5 Å². The number of hydrogen-bond acceptors (Lipinski definition) is 6. The first-order valence-corrected chi connectivity index (χ1v) is 15.0. The summed E-state index contributed by atoms with van der Waals surface area (Å²) in [5.74, 6) is -0.916. The highest BCUT2D eigenvalue weighted by atomic mass is 16.6. The van der Waals surface area contributed by atoms with Crippen LogP contribution in [0.1, 0.15) is 74.7 Å². The Hall–Kier alpha value is -3.01. The summed E-state index contributed by atoms with van der Waals surface area (Å²) < 4.78 is 0. The standard InChI is InChI=1S/C31H51N5O5/c1-19(2)26(16-23(8)29(37)32-18-24-14-13-22(7)27(17-24)36(40)41)34(9)31(39)28(20(3)4)33-30(38)25-12-10-11-15-35(25)21(5)6/h13-14,16-17,19-22,25-28H,10-12,15,18H2,1-9H3,(H,32,37)(H,33,38)/b23-16+. The van der Waals surface area contributed by atoms with E-state index in [-0.39, 0.29) is 65.1 Å². The number of piperidine rings is 1. The second-order valence-corrected chi connectivity index (χ2v) is 12.5. The average molecular weight is 574 g/mol. The molecule has 0 aromatic heterocycles. The summed E-state index contributed by atoms with van der Waals surface area (Å²) in [5, 5.41) is 17.2. The van der Waals surface area contributed by atoms with Gasteiger partial charge in [0.1, 0.15) is 6.04 Å². The molecule has 1 aliphatic heterocycles. The fourth-order valence-corrected chi connectivity index (χ4v) is 5.57. The predicted molar refractivity (Wildman–Crippen MR) is 162 cm³/mol. The smallest absolute Gasteiger partial charge is 0.246 e. The second kappa shape index (κ2) is 15.3. The number of likely N-dealkylation sites (tertiary alicyclic amines) is 1. The van der Waals surface area contributed by atoms with E-state index < -0.39 is 12.1 Å². The van der Waals surface area contributed by atoms with Crippen LogP contribution in [0.4, 0.5) is 0 Å². The number of amides is 3. The van der Waals surface area contributed by atoms with Gasteiger partial charge in [-0.05, 0) is 63.6 Å². The van der Waals surface area contributed by atoms with Crippen LogP contribution < -0.4 is 10.6 Å². The van der Waals surface area contributed by atoms with E-state index in [2.05, 4.69) is 29.4 Å². The van der Waals surface area contributed by atoms with Crippen LogP contribution in [0.3, 0.4) is 0 Å². The van der Waals surface area contributed by atoms with Crippen LogP contribution in [-0.4, -0.2) is 82.8 Å². The van der Waals surface area contributed by atoms with Gasteiger partial charge in [0.05, 0.1) is 12.1 Å². The van der Waals surface area contributed by atoms with E-state index in [1.54, 1.807) is 50.1 Å². The Morgan fingerprint density at radius 3 is 2.37 bits per heavy atom. The van der Waals surface area contributed by atoms with Crippen molar-refractivity contribution in [3.63, 3.8) is 0 Å². The van der Waals surface area contributed by atoms with E-state index in [1.165, 1.54) is 0 Å². The van der Waals surface area contributed by atoms with Gasteiger partial charge in [-0.25, -0.2) is 0 Å². The van der Waals surface area contributed by atoms with Gasteiger partial charge in [0.25, 0.3) is 0 Å². The van der Waals surface area contributed by atoms with E-state index in [1.807, 2.05) is 27.7 Å². The minimum absolute atomic E-state index is 0.0105. The van der Waals surface area contributed by atoms with Crippen LogP contribution in [0.2, 0.25) is 0 Å². The van der Waals surface area contributed by atoms with Crippen molar-refractivity contribution in [1.29, 1.82) is 0 Å². The Balaban J connectivity index is 2.13. The van der Waals surface area contributed by atoms with Crippen LogP contribution >= 0.6 is 0 Å². The number of nitrogens with one attached hydrogen (secondary N) is 2. The van der Waals surface area contributed by atoms with E-state index in [0.29, 0.717) is 11.1 Å². The summed E-state index contributed by atoms with van der Waals surface area (Å²) in [5.41, 5.74) is 1.13. The Morgan fingerprint density at radius 1 is 1.15 bits per heavy atom. The molecule has 1 heterocycles. The molecule has 5 unspecified atom stereocenters. The molecule has 41 heavy (non-hydrogen) atoms. The third kappa shape index (κ3) is 9.24. The zero-order valence-electron chi connectivity index (χ0n) is 26.3. The molecule has 0 bridgehead atoms. The van der Waals surface area contributed by atoms with Crippen LogP contribution in [0.15, 0.2) is 35.5 Å². The van der Waals surface area contributed by atoms with E-state index >= 15 is 0 Å². The number of hydrogen-bond donors (Lipinski definition) is 2. The maximum atomic E-state index is 13.8. The maximum absolute atomic E-state index is 13.8. The molecular weight excluding hydrogens is 522 g/mol. The van der Waals surface area contributed by atoms with Crippen molar-refractivity contribution in [2.75, 3.05) is 20.1 Å².